The highest BCUT2D eigenvalue weighted by molar-refractivity contribution is 5.71. The number of carbonyl (C=O) groups excluding carboxylic acids is 3. The molecule has 73 heavy (non-hydrogen) atoms. The van der Waals surface area contributed by atoms with Gasteiger partial charge in [-0.1, -0.05) is 320 Å². The first-order valence-electron chi connectivity index (χ1n) is 32.5. The molecule has 6 nitrogen and oxygen atoms in total. The molecular weight excluding hydrogens is 901 g/mol. The smallest absolute Gasteiger partial charge is 0.306 e. The lowest BCUT2D eigenvalue weighted by Gasteiger charge is -2.18. The fraction of sp³-hybridized carbons (Fsp3) is 0.866. The summed E-state index contributed by atoms with van der Waals surface area (Å²) in [5, 5.41) is 0. The van der Waals surface area contributed by atoms with E-state index in [2.05, 4.69) is 57.2 Å². The fourth-order valence-electron chi connectivity index (χ4n) is 9.81. The van der Waals surface area contributed by atoms with Crippen molar-refractivity contribution in [2.75, 3.05) is 13.2 Å². The largest absolute Gasteiger partial charge is 0.462 e. The molecule has 0 aromatic carbocycles. The van der Waals surface area contributed by atoms with Crippen molar-refractivity contribution in [1.29, 1.82) is 0 Å². The summed E-state index contributed by atoms with van der Waals surface area (Å²) in [5.74, 6) is -0.892. The summed E-state index contributed by atoms with van der Waals surface area (Å²) in [4.78, 5) is 37.8. The maximum Gasteiger partial charge on any atom is 0.306 e. The molecule has 0 rings (SSSR count). The van der Waals surface area contributed by atoms with Crippen LogP contribution in [0.2, 0.25) is 0 Å². The van der Waals surface area contributed by atoms with Gasteiger partial charge in [-0.15, -0.1) is 0 Å². The molecule has 0 heterocycles. The van der Waals surface area contributed by atoms with E-state index in [0.29, 0.717) is 19.3 Å². The van der Waals surface area contributed by atoms with Gasteiger partial charge >= 0.3 is 17.9 Å². The molecule has 0 aliphatic heterocycles. The van der Waals surface area contributed by atoms with E-state index in [0.717, 1.165) is 103 Å². The SMILES string of the molecule is CC/C=C\C/C=C\C/C=C\CCCCCCCC(=O)OC(COC(=O)CCCCCCC)COC(=O)CCCCCCCCCCCCCCCCCCCCCCCCCCCCCCCCCCCCC. The third-order valence-electron chi connectivity index (χ3n) is 14.7. The van der Waals surface area contributed by atoms with Crippen LogP contribution in [0.25, 0.3) is 0 Å². The Hall–Kier alpha value is -2.37. The van der Waals surface area contributed by atoms with Gasteiger partial charge in [0.05, 0.1) is 0 Å². The first kappa shape index (κ1) is 70.6. The Morgan fingerprint density at radius 2 is 0.534 bits per heavy atom. The quantitative estimate of drug-likeness (QED) is 0.0261. The molecule has 0 saturated heterocycles. The minimum absolute atomic E-state index is 0.0761. The fourth-order valence-corrected chi connectivity index (χ4v) is 9.81. The van der Waals surface area contributed by atoms with E-state index in [1.807, 2.05) is 0 Å². The summed E-state index contributed by atoms with van der Waals surface area (Å²) >= 11 is 0. The van der Waals surface area contributed by atoms with E-state index in [4.69, 9.17) is 14.2 Å². The average molecular weight is 1030 g/mol. The summed E-state index contributed by atoms with van der Waals surface area (Å²) in [5.41, 5.74) is 0. The van der Waals surface area contributed by atoms with Gasteiger partial charge < -0.3 is 14.2 Å². The van der Waals surface area contributed by atoms with Crippen LogP contribution in [-0.2, 0) is 28.6 Å². The molecule has 0 spiro atoms. The van der Waals surface area contributed by atoms with Crippen LogP contribution in [0.3, 0.4) is 0 Å². The second-order valence-electron chi connectivity index (χ2n) is 22.0. The number of hydrogen-bond donors (Lipinski definition) is 0. The van der Waals surface area contributed by atoms with Gasteiger partial charge in [-0.2, -0.15) is 0 Å². The number of carbonyl (C=O) groups is 3. The molecule has 0 aliphatic carbocycles. The van der Waals surface area contributed by atoms with E-state index >= 15 is 0 Å². The monoisotopic (exact) mass is 1020 g/mol. The van der Waals surface area contributed by atoms with E-state index in [1.165, 1.54) is 212 Å². The number of rotatable bonds is 60. The van der Waals surface area contributed by atoms with Gasteiger partial charge in [0.2, 0.25) is 0 Å². The zero-order valence-corrected chi connectivity index (χ0v) is 49.2. The summed E-state index contributed by atoms with van der Waals surface area (Å²) in [6, 6.07) is 0. The molecule has 0 amide bonds. The Labute approximate surface area is 455 Å². The standard InChI is InChI=1S/C67H124O6/c1-4-7-10-13-15-17-19-21-23-24-25-26-27-28-29-30-31-32-33-34-35-36-37-38-39-40-41-42-44-45-47-49-51-54-57-60-66(69)72-63-64(62-71-65(68)59-56-53-12-9-6-3)73-67(70)61-58-55-52-50-48-46-43-22-20-18-16-14-11-8-5-2/h8,11,16,18,22,43,64H,4-7,9-10,12-15,17,19-21,23-42,44-63H2,1-3H3/b11-8-,18-16-,43-22-. The summed E-state index contributed by atoms with van der Waals surface area (Å²) in [7, 11) is 0. The zero-order chi connectivity index (χ0) is 52.9. The van der Waals surface area contributed by atoms with Crippen LogP contribution in [0, 0.1) is 0 Å². The first-order chi connectivity index (χ1) is 36.0. The lowest BCUT2D eigenvalue weighted by Crippen LogP contribution is -2.30. The van der Waals surface area contributed by atoms with Crippen LogP contribution >= 0.6 is 0 Å². The lowest BCUT2D eigenvalue weighted by molar-refractivity contribution is -0.167. The van der Waals surface area contributed by atoms with Crippen LogP contribution in [0.1, 0.15) is 355 Å². The van der Waals surface area contributed by atoms with Crippen LogP contribution < -0.4 is 0 Å². The number of unbranched alkanes of at least 4 members (excludes halogenated alkanes) is 43. The molecule has 0 bridgehead atoms. The molecule has 0 aromatic heterocycles. The highest BCUT2D eigenvalue weighted by Gasteiger charge is 2.19. The van der Waals surface area contributed by atoms with E-state index in [9.17, 15) is 14.4 Å². The molecule has 0 saturated carbocycles. The van der Waals surface area contributed by atoms with Crippen molar-refractivity contribution in [3.8, 4) is 0 Å². The van der Waals surface area contributed by atoms with E-state index in [-0.39, 0.29) is 31.1 Å². The predicted molar refractivity (Wildman–Crippen MR) is 316 cm³/mol. The summed E-state index contributed by atoms with van der Waals surface area (Å²) < 4.78 is 16.7. The molecule has 0 aliphatic rings. The molecule has 6 heteroatoms. The van der Waals surface area contributed by atoms with Gasteiger partial charge in [0.25, 0.3) is 0 Å². The summed E-state index contributed by atoms with van der Waals surface area (Å²) in [6.07, 6.45) is 76.7. The minimum atomic E-state index is -0.775. The van der Waals surface area contributed by atoms with Gasteiger partial charge in [0.15, 0.2) is 6.10 Å². The van der Waals surface area contributed by atoms with Crippen molar-refractivity contribution in [2.24, 2.45) is 0 Å². The number of esters is 3. The highest BCUT2D eigenvalue weighted by Crippen LogP contribution is 2.18. The highest BCUT2D eigenvalue weighted by atomic mass is 16.6. The molecule has 0 N–H and O–H groups in total. The predicted octanol–water partition coefficient (Wildman–Crippen LogP) is 22.0. The van der Waals surface area contributed by atoms with Crippen molar-refractivity contribution in [2.45, 2.75) is 361 Å². The number of hydrogen-bond acceptors (Lipinski definition) is 6. The van der Waals surface area contributed by atoms with E-state index in [1.54, 1.807) is 0 Å². The molecule has 1 atom stereocenters. The molecule has 0 aromatic rings. The van der Waals surface area contributed by atoms with Gasteiger partial charge in [-0.3, -0.25) is 14.4 Å². The molecule has 1 unspecified atom stereocenters. The maximum atomic E-state index is 12.8. The normalized spacial score (nSPS) is 12.2. The second-order valence-corrected chi connectivity index (χ2v) is 22.0. The second kappa shape index (κ2) is 62.2. The molecular formula is C67H124O6. The Morgan fingerprint density at radius 1 is 0.288 bits per heavy atom. The maximum absolute atomic E-state index is 12.8. The Balaban J connectivity index is 3.83. The van der Waals surface area contributed by atoms with Crippen molar-refractivity contribution < 1.29 is 28.6 Å². The molecule has 0 radical (unpaired) electrons. The van der Waals surface area contributed by atoms with E-state index < -0.39 is 6.10 Å². The van der Waals surface area contributed by atoms with Crippen LogP contribution in [0.15, 0.2) is 36.5 Å². The topological polar surface area (TPSA) is 78.9 Å². The van der Waals surface area contributed by atoms with Crippen molar-refractivity contribution in [3.05, 3.63) is 36.5 Å². The third-order valence-corrected chi connectivity index (χ3v) is 14.7. The van der Waals surface area contributed by atoms with Crippen LogP contribution in [-0.4, -0.2) is 37.2 Å². The van der Waals surface area contributed by atoms with Gasteiger partial charge in [-0.25, -0.2) is 0 Å². The average Bonchev–Trinajstić information content (AvgIpc) is 3.39. The first-order valence-corrected chi connectivity index (χ1v) is 32.5. The molecule has 0 fully saturated rings. The van der Waals surface area contributed by atoms with Crippen molar-refractivity contribution in [1.82, 2.24) is 0 Å². The van der Waals surface area contributed by atoms with Crippen LogP contribution in [0.5, 0.6) is 0 Å². The Kier molecular flexibility index (Phi) is 60.2. The van der Waals surface area contributed by atoms with Crippen molar-refractivity contribution in [3.63, 3.8) is 0 Å². The Bertz CT molecular complexity index is 1220. The lowest BCUT2D eigenvalue weighted by atomic mass is 10.0. The number of allylic oxidation sites excluding steroid dienone is 6. The van der Waals surface area contributed by atoms with Gasteiger partial charge in [0, 0.05) is 19.3 Å². The van der Waals surface area contributed by atoms with Crippen molar-refractivity contribution >= 4 is 17.9 Å². The third kappa shape index (κ3) is 60.4. The Morgan fingerprint density at radius 3 is 0.836 bits per heavy atom. The van der Waals surface area contributed by atoms with Gasteiger partial charge in [0.1, 0.15) is 13.2 Å². The van der Waals surface area contributed by atoms with Crippen LogP contribution in [0.4, 0.5) is 0 Å². The minimum Gasteiger partial charge on any atom is -0.462 e. The number of ether oxygens (including phenoxy) is 3. The summed E-state index contributed by atoms with van der Waals surface area (Å²) in [6.45, 7) is 6.47. The molecule has 428 valence electrons. The van der Waals surface area contributed by atoms with Gasteiger partial charge in [-0.05, 0) is 51.4 Å². The zero-order valence-electron chi connectivity index (χ0n) is 49.2.